The van der Waals surface area contributed by atoms with Gasteiger partial charge in [-0.15, -0.1) is 0 Å². The lowest BCUT2D eigenvalue weighted by Gasteiger charge is -2.16. The van der Waals surface area contributed by atoms with Gasteiger partial charge >= 0.3 is 0 Å². The molecule has 0 amide bonds. The molecule has 18 heavy (non-hydrogen) atoms. The van der Waals surface area contributed by atoms with Crippen LogP contribution in [0.15, 0.2) is 42.5 Å². The van der Waals surface area contributed by atoms with Gasteiger partial charge in [0.05, 0.1) is 0 Å². The van der Waals surface area contributed by atoms with Crippen LogP contribution in [-0.4, -0.2) is 11.7 Å². The van der Waals surface area contributed by atoms with E-state index in [1.54, 1.807) is 0 Å². The Morgan fingerprint density at radius 3 is 2.67 bits per heavy atom. The topological polar surface area (TPSA) is 32.3 Å². The van der Waals surface area contributed by atoms with Crippen molar-refractivity contribution >= 4 is 5.69 Å². The molecule has 0 aromatic heterocycles. The van der Waals surface area contributed by atoms with Crippen molar-refractivity contribution < 1.29 is 5.11 Å². The Kier molecular flexibility index (Phi) is 2.80. The highest BCUT2D eigenvalue weighted by atomic mass is 16.3. The second-order valence-electron chi connectivity index (χ2n) is 4.87. The first-order chi connectivity index (χ1) is 8.75. The average molecular weight is 239 g/mol. The standard InChI is InChI=1S/C16H17NO/c1-11-5-7-13(8-6-11)16(18)14-4-2-3-12-9-10-17-15(12)14/h2-8,16-18H,9-10H2,1H3. The fourth-order valence-electron chi connectivity index (χ4n) is 2.52. The van der Waals surface area contributed by atoms with Crippen LogP contribution in [0.3, 0.4) is 0 Å². The summed E-state index contributed by atoms with van der Waals surface area (Å²) < 4.78 is 0. The molecule has 3 rings (SSSR count). The quantitative estimate of drug-likeness (QED) is 0.844. The second kappa shape index (κ2) is 4.46. The smallest absolute Gasteiger partial charge is 0.106 e. The molecule has 1 heterocycles. The lowest BCUT2D eigenvalue weighted by atomic mass is 9.97. The molecule has 0 radical (unpaired) electrons. The zero-order valence-corrected chi connectivity index (χ0v) is 10.5. The third kappa shape index (κ3) is 1.89. The molecule has 0 bridgehead atoms. The van der Waals surface area contributed by atoms with Crippen LogP contribution in [0, 0.1) is 6.92 Å². The van der Waals surface area contributed by atoms with E-state index in [0.29, 0.717) is 0 Å². The van der Waals surface area contributed by atoms with Crippen molar-refractivity contribution in [2.24, 2.45) is 0 Å². The molecule has 2 N–H and O–H groups in total. The predicted octanol–water partition coefficient (Wildman–Crippen LogP) is 3.04. The Morgan fingerprint density at radius 2 is 1.89 bits per heavy atom. The lowest BCUT2D eigenvalue weighted by molar-refractivity contribution is 0.221. The van der Waals surface area contributed by atoms with E-state index in [9.17, 15) is 5.11 Å². The normalized spacial score (nSPS) is 15.0. The maximum absolute atomic E-state index is 10.5. The summed E-state index contributed by atoms with van der Waals surface area (Å²) in [6.07, 6.45) is 0.496. The number of fused-ring (bicyclic) bond motifs is 1. The molecule has 0 aliphatic carbocycles. The summed E-state index contributed by atoms with van der Waals surface area (Å²) in [6.45, 7) is 3.02. The summed E-state index contributed by atoms with van der Waals surface area (Å²) in [5, 5.41) is 13.9. The SMILES string of the molecule is Cc1ccc(C(O)c2cccc3c2NCC3)cc1. The molecule has 1 aliphatic rings. The van der Waals surface area contributed by atoms with E-state index in [0.717, 1.165) is 29.8 Å². The first-order valence-corrected chi connectivity index (χ1v) is 6.36. The van der Waals surface area contributed by atoms with Crippen molar-refractivity contribution in [2.45, 2.75) is 19.4 Å². The molecular formula is C16H17NO. The highest BCUT2D eigenvalue weighted by Crippen LogP contribution is 2.33. The Bertz CT molecular complexity index is 560. The van der Waals surface area contributed by atoms with E-state index >= 15 is 0 Å². The molecule has 0 saturated heterocycles. The molecule has 0 saturated carbocycles. The molecule has 0 spiro atoms. The number of hydrogen-bond acceptors (Lipinski definition) is 2. The van der Waals surface area contributed by atoms with Crippen molar-refractivity contribution in [1.29, 1.82) is 0 Å². The second-order valence-corrected chi connectivity index (χ2v) is 4.87. The number of rotatable bonds is 2. The summed E-state index contributed by atoms with van der Waals surface area (Å²) >= 11 is 0. The largest absolute Gasteiger partial charge is 0.384 e. The van der Waals surface area contributed by atoms with Gasteiger partial charge in [0, 0.05) is 17.8 Å². The van der Waals surface area contributed by atoms with Crippen LogP contribution in [0.4, 0.5) is 5.69 Å². The zero-order valence-electron chi connectivity index (χ0n) is 10.5. The van der Waals surface area contributed by atoms with Gasteiger partial charge in [-0.3, -0.25) is 0 Å². The van der Waals surface area contributed by atoms with E-state index in [2.05, 4.69) is 18.3 Å². The summed E-state index contributed by atoms with van der Waals surface area (Å²) in [5.41, 5.74) is 5.56. The van der Waals surface area contributed by atoms with Crippen molar-refractivity contribution in [1.82, 2.24) is 0 Å². The van der Waals surface area contributed by atoms with E-state index in [1.165, 1.54) is 11.1 Å². The molecule has 92 valence electrons. The van der Waals surface area contributed by atoms with Crippen LogP contribution < -0.4 is 5.32 Å². The van der Waals surface area contributed by atoms with Gasteiger partial charge < -0.3 is 10.4 Å². The number of nitrogens with one attached hydrogen (secondary N) is 1. The maximum Gasteiger partial charge on any atom is 0.106 e. The molecule has 2 heteroatoms. The Balaban J connectivity index is 2.00. The summed E-state index contributed by atoms with van der Waals surface area (Å²) in [6, 6.07) is 14.2. The minimum absolute atomic E-state index is 0.550. The van der Waals surface area contributed by atoms with Gasteiger partial charge in [-0.25, -0.2) is 0 Å². The number of aliphatic hydroxyl groups excluding tert-OH is 1. The molecule has 1 unspecified atom stereocenters. The third-order valence-corrected chi connectivity index (χ3v) is 3.57. The Hall–Kier alpha value is -1.80. The summed E-state index contributed by atoms with van der Waals surface area (Å²) in [5.74, 6) is 0. The number of aryl methyl sites for hydroxylation is 1. The molecule has 2 aromatic carbocycles. The van der Waals surface area contributed by atoms with Crippen LogP contribution in [0.25, 0.3) is 0 Å². The Morgan fingerprint density at radius 1 is 1.11 bits per heavy atom. The maximum atomic E-state index is 10.5. The number of para-hydroxylation sites is 1. The van der Waals surface area contributed by atoms with Gasteiger partial charge in [-0.05, 0) is 24.5 Å². The molecule has 1 aliphatic heterocycles. The van der Waals surface area contributed by atoms with E-state index in [1.807, 2.05) is 36.4 Å². The average Bonchev–Trinajstić information content (AvgIpc) is 2.87. The minimum Gasteiger partial charge on any atom is -0.384 e. The predicted molar refractivity (Wildman–Crippen MR) is 73.9 cm³/mol. The number of hydrogen-bond donors (Lipinski definition) is 2. The zero-order chi connectivity index (χ0) is 12.5. The van der Waals surface area contributed by atoms with Crippen LogP contribution >= 0.6 is 0 Å². The van der Waals surface area contributed by atoms with Gasteiger partial charge in [-0.1, -0.05) is 48.0 Å². The van der Waals surface area contributed by atoms with Crippen LogP contribution in [-0.2, 0) is 6.42 Å². The number of aliphatic hydroxyl groups is 1. The van der Waals surface area contributed by atoms with Crippen molar-refractivity contribution in [2.75, 3.05) is 11.9 Å². The minimum atomic E-state index is -0.550. The first kappa shape index (κ1) is 11.3. The molecular weight excluding hydrogens is 222 g/mol. The third-order valence-electron chi connectivity index (χ3n) is 3.57. The summed E-state index contributed by atoms with van der Waals surface area (Å²) in [7, 11) is 0. The summed E-state index contributed by atoms with van der Waals surface area (Å²) in [4.78, 5) is 0. The first-order valence-electron chi connectivity index (χ1n) is 6.36. The fraction of sp³-hybridized carbons (Fsp3) is 0.250. The van der Waals surface area contributed by atoms with Gasteiger partial charge in [0.15, 0.2) is 0 Å². The lowest BCUT2D eigenvalue weighted by Crippen LogP contribution is -2.03. The van der Waals surface area contributed by atoms with Gasteiger partial charge in [-0.2, -0.15) is 0 Å². The molecule has 2 nitrogen and oxygen atoms in total. The van der Waals surface area contributed by atoms with Crippen LogP contribution in [0.2, 0.25) is 0 Å². The van der Waals surface area contributed by atoms with E-state index < -0.39 is 6.10 Å². The molecule has 0 fully saturated rings. The van der Waals surface area contributed by atoms with E-state index in [-0.39, 0.29) is 0 Å². The van der Waals surface area contributed by atoms with Crippen molar-refractivity contribution in [3.8, 4) is 0 Å². The van der Waals surface area contributed by atoms with Gasteiger partial charge in [0.2, 0.25) is 0 Å². The number of anilines is 1. The Labute approximate surface area is 107 Å². The van der Waals surface area contributed by atoms with Crippen LogP contribution in [0.5, 0.6) is 0 Å². The number of benzene rings is 2. The fourth-order valence-corrected chi connectivity index (χ4v) is 2.52. The molecule has 2 aromatic rings. The van der Waals surface area contributed by atoms with Gasteiger partial charge in [0.1, 0.15) is 6.10 Å². The monoisotopic (exact) mass is 239 g/mol. The van der Waals surface area contributed by atoms with Crippen LogP contribution in [0.1, 0.15) is 28.4 Å². The molecule has 1 atom stereocenters. The van der Waals surface area contributed by atoms with Crippen molar-refractivity contribution in [3.05, 3.63) is 64.7 Å². The highest BCUT2D eigenvalue weighted by Gasteiger charge is 2.19. The van der Waals surface area contributed by atoms with Crippen molar-refractivity contribution in [3.63, 3.8) is 0 Å². The highest BCUT2D eigenvalue weighted by molar-refractivity contribution is 5.63. The van der Waals surface area contributed by atoms with E-state index in [4.69, 9.17) is 0 Å². The van der Waals surface area contributed by atoms with Gasteiger partial charge in [0.25, 0.3) is 0 Å².